The number of aromatic nitrogens is 2. The Balaban J connectivity index is 1.92. The van der Waals surface area contributed by atoms with Crippen molar-refractivity contribution in [3.8, 4) is 0 Å². The van der Waals surface area contributed by atoms with E-state index >= 15 is 0 Å². The molecule has 0 bridgehead atoms. The van der Waals surface area contributed by atoms with Gasteiger partial charge in [0.2, 0.25) is 5.13 Å². The first-order valence-electron chi connectivity index (χ1n) is 6.08. The second kappa shape index (κ2) is 7.09. The first-order valence-corrected chi connectivity index (χ1v) is 6.89. The molecule has 1 aromatic heterocycles. The van der Waals surface area contributed by atoms with Crippen LogP contribution in [-0.2, 0) is 11.3 Å². The number of nitrogens with one attached hydrogen (secondary N) is 1. The number of hydrogen-bond donors (Lipinski definition) is 2. The fraction of sp³-hybridized carbons (Fsp3) is 0.308. The Hall–Kier alpha value is -1.83. The highest BCUT2D eigenvalue weighted by molar-refractivity contribution is 7.15. The molecular formula is C13H15N3O3S. The van der Waals surface area contributed by atoms with Crippen LogP contribution in [0.1, 0.15) is 20.9 Å². The smallest absolute Gasteiger partial charge is 0.257 e. The van der Waals surface area contributed by atoms with E-state index in [4.69, 9.17) is 9.84 Å². The molecule has 1 heterocycles. The highest BCUT2D eigenvalue weighted by Gasteiger charge is 2.10. The number of carbonyl (C=O) groups excluding carboxylic acids is 1. The van der Waals surface area contributed by atoms with E-state index in [0.29, 0.717) is 15.7 Å². The average Bonchev–Trinajstić information content (AvgIpc) is 2.87. The van der Waals surface area contributed by atoms with Gasteiger partial charge in [0.15, 0.2) is 0 Å². The second-order valence-electron chi connectivity index (χ2n) is 4.10. The number of aliphatic hydroxyl groups excluding tert-OH is 1. The number of benzene rings is 1. The van der Waals surface area contributed by atoms with Crippen LogP contribution in [-0.4, -0.2) is 34.4 Å². The normalized spacial score (nSPS) is 10.5. The summed E-state index contributed by atoms with van der Waals surface area (Å²) in [6.07, 6.45) is 0. The van der Waals surface area contributed by atoms with Gasteiger partial charge < -0.3 is 9.84 Å². The summed E-state index contributed by atoms with van der Waals surface area (Å²) in [5, 5.41) is 20.1. The number of amides is 1. The van der Waals surface area contributed by atoms with Crippen molar-refractivity contribution in [1.82, 2.24) is 10.2 Å². The minimum Gasteiger partial charge on any atom is -0.394 e. The fourth-order valence-corrected chi connectivity index (χ4v) is 2.13. The maximum atomic E-state index is 12.0. The summed E-state index contributed by atoms with van der Waals surface area (Å²) in [5.41, 5.74) is 1.67. The SMILES string of the molecule is Cc1ccc(C(=O)Nc2nnc(COCCO)s2)cc1. The molecule has 2 rings (SSSR count). The van der Waals surface area contributed by atoms with E-state index in [-0.39, 0.29) is 25.7 Å². The highest BCUT2D eigenvalue weighted by Crippen LogP contribution is 2.17. The van der Waals surface area contributed by atoms with Crippen LogP contribution < -0.4 is 5.32 Å². The molecule has 0 unspecified atom stereocenters. The average molecular weight is 293 g/mol. The van der Waals surface area contributed by atoms with E-state index in [0.717, 1.165) is 5.56 Å². The van der Waals surface area contributed by atoms with E-state index in [2.05, 4.69) is 15.5 Å². The lowest BCUT2D eigenvalue weighted by molar-refractivity contribution is 0.0811. The molecule has 0 aliphatic rings. The fourth-order valence-electron chi connectivity index (χ4n) is 1.46. The largest absolute Gasteiger partial charge is 0.394 e. The van der Waals surface area contributed by atoms with Crippen LogP contribution in [0.3, 0.4) is 0 Å². The van der Waals surface area contributed by atoms with E-state index < -0.39 is 0 Å². The first-order chi connectivity index (χ1) is 9.69. The number of hydrogen-bond acceptors (Lipinski definition) is 6. The maximum absolute atomic E-state index is 12.0. The van der Waals surface area contributed by atoms with Gasteiger partial charge in [-0.1, -0.05) is 29.0 Å². The van der Waals surface area contributed by atoms with Gasteiger partial charge in [0.05, 0.1) is 13.2 Å². The Labute approximate surface area is 120 Å². The van der Waals surface area contributed by atoms with Crippen LogP contribution in [0.4, 0.5) is 5.13 Å². The van der Waals surface area contributed by atoms with Crippen molar-refractivity contribution in [1.29, 1.82) is 0 Å². The number of anilines is 1. The number of carbonyl (C=O) groups is 1. The third kappa shape index (κ3) is 4.09. The molecule has 6 nitrogen and oxygen atoms in total. The molecule has 0 saturated heterocycles. The molecule has 2 aromatic rings. The molecule has 0 radical (unpaired) electrons. The summed E-state index contributed by atoms with van der Waals surface area (Å²) in [4.78, 5) is 12.0. The lowest BCUT2D eigenvalue weighted by atomic mass is 10.1. The van der Waals surface area contributed by atoms with Crippen molar-refractivity contribution in [2.75, 3.05) is 18.5 Å². The van der Waals surface area contributed by atoms with Gasteiger partial charge in [-0.3, -0.25) is 10.1 Å². The van der Waals surface area contributed by atoms with Crippen LogP contribution in [0.25, 0.3) is 0 Å². The molecular weight excluding hydrogens is 278 g/mol. The Bertz CT molecular complexity index is 568. The van der Waals surface area contributed by atoms with Crippen LogP contribution in [0.2, 0.25) is 0 Å². The van der Waals surface area contributed by atoms with Crippen molar-refractivity contribution >= 4 is 22.4 Å². The minimum absolute atomic E-state index is 0.0319. The molecule has 1 amide bonds. The molecule has 106 valence electrons. The molecule has 0 fully saturated rings. The van der Waals surface area contributed by atoms with Crippen molar-refractivity contribution in [2.45, 2.75) is 13.5 Å². The predicted octanol–water partition coefficient (Wildman–Crippen LogP) is 1.61. The standard InChI is InChI=1S/C13H15N3O3S/c1-9-2-4-10(5-3-9)12(18)14-13-16-15-11(20-13)8-19-7-6-17/h2-5,17H,6-8H2,1H3,(H,14,16,18). The summed E-state index contributed by atoms with van der Waals surface area (Å²) >= 11 is 1.25. The predicted molar refractivity (Wildman–Crippen MR) is 75.8 cm³/mol. The third-order valence-electron chi connectivity index (χ3n) is 2.46. The molecule has 20 heavy (non-hydrogen) atoms. The zero-order valence-electron chi connectivity index (χ0n) is 11.0. The minimum atomic E-state index is -0.219. The van der Waals surface area contributed by atoms with Crippen molar-refractivity contribution in [2.24, 2.45) is 0 Å². The van der Waals surface area contributed by atoms with Crippen LogP contribution in [0.15, 0.2) is 24.3 Å². The Morgan fingerprint density at radius 1 is 1.35 bits per heavy atom. The highest BCUT2D eigenvalue weighted by atomic mass is 32.1. The summed E-state index contributed by atoms with van der Waals surface area (Å²) in [7, 11) is 0. The van der Waals surface area contributed by atoms with Gasteiger partial charge in [-0.05, 0) is 19.1 Å². The van der Waals surface area contributed by atoms with Gasteiger partial charge in [0.25, 0.3) is 5.91 Å². The number of aliphatic hydroxyl groups is 1. The van der Waals surface area contributed by atoms with Crippen LogP contribution in [0, 0.1) is 6.92 Å². The van der Waals surface area contributed by atoms with Gasteiger partial charge in [-0.15, -0.1) is 10.2 Å². The van der Waals surface area contributed by atoms with Crippen LogP contribution in [0.5, 0.6) is 0 Å². The first kappa shape index (κ1) is 14.6. The molecule has 0 saturated carbocycles. The molecule has 2 N–H and O–H groups in total. The number of nitrogens with zero attached hydrogens (tertiary/aromatic N) is 2. The molecule has 1 aromatic carbocycles. The zero-order chi connectivity index (χ0) is 14.4. The van der Waals surface area contributed by atoms with Crippen LogP contribution >= 0.6 is 11.3 Å². The van der Waals surface area contributed by atoms with Gasteiger partial charge in [0, 0.05) is 5.56 Å². The quantitative estimate of drug-likeness (QED) is 0.790. The Kier molecular flexibility index (Phi) is 5.16. The Morgan fingerprint density at radius 3 is 2.80 bits per heavy atom. The topological polar surface area (TPSA) is 84.3 Å². The molecule has 0 spiro atoms. The lowest BCUT2D eigenvalue weighted by Crippen LogP contribution is -2.11. The molecule has 0 aliphatic carbocycles. The van der Waals surface area contributed by atoms with Gasteiger partial charge in [-0.25, -0.2) is 0 Å². The van der Waals surface area contributed by atoms with Gasteiger partial charge in [0.1, 0.15) is 11.6 Å². The van der Waals surface area contributed by atoms with E-state index in [1.54, 1.807) is 12.1 Å². The monoisotopic (exact) mass is 293 g/mol. The van der Waals surface area contributed by atoms with Gasteiger partial charge in [-0.2, -0.15) is 0 Å². The van der Waals surface area contributed by atoms with Gasteiger partial charge >= 0.3 is 0 Å². The number of aryl methyl sites for hydroxylation is 1. The summed E-state index contributed by atoms with van der Waals surface area (Å²) < 4.78 is 5.13. The third-order valence-corrected chi connectivity index (χ3v) is 3.27. The number of rotatable bonds is 6. The van der Waals surface area contributed by atoms with E-state index in [1.807, 2.05) is 19.1 Å². The summed E-state index contributed by atoms with van der Waals surface area (Å²) in [6, 6.07) is 7.28. The molecule has 0 aliphatic heterocycles. The summed E-state index contributed by atoms with van der Waals surface area (Å²) in [6.45, 7) is 2.46. The van der Waals surface area contributed by atoms with Crippen molar-refractivity contribution in [3.63, 3.8) is 0 Å². The zero-order valence-corrected chi connectivity index (χ0v) is 11.8. The van der Waals surface area contributed by atoms with E-state index in [9.17, 15) is 4.79 Å². The Morgan fingerprint density at radius 2 is 2.10 bits per heavy atom. The molecule has 0 atom stereocenters. The number of ether oxygens (including phenoxy) is 1. The second-order valence-corrected chi connectivity index (χ2v) is 5.16. The van der Waals surface area contributed by atoms with E-state index in [1.165, 1.54) is 11.3 Å². The summed E-state index contributed by atoms with van der Waals surface area (Å²) in [5.74, 6) is -0.219. The molecule has 7 heteroatoms. The van der Waals surface area contributed by atoms with Crippen molar-refractivity contribution in [3.05, 3.63) is 40.4 Å². The lowest BCUT2D eigenvalue weighted by Gasteiger charge is -2.01. The maximum Gasteiger partial charge on any atom is 0.257 e. The van der Waals surface area contributed by atoms with Crippen molar-refractivity contribution < 1.29 is 14.6 Å².